The second kappa shape index (κ2) is 12.4. The van der Waals surface area contributed by atoms with Gasteiger partial charge in [-0.2, -0.15) is 0 Å². The summed E-state index contributed by atoms with van der Waals surface area (Å²) in [5.41, 5.74) is 2.27. The van der Waals surface area contributed by atoms with Gasteiger partial charge in [0.25, 0.3) is 0 Å². The highest BCUT2D eigenvalue weighted by Crippen LogP contribution is 2.40. The molecule has 0 spiro atoms. The number of anilines is 1. The minimum atomic E-state index is 0.323. The number of nitrogens with zero attached hydrogens (tertiary/aromatic N) is 1. The quantitative estimate of drug-likeness (QED) is 0.323. The van der Waals surface area contributed by atoms with E-state index < -0.39 is 0 Å². The lowest BCUT2D eigenvalue weighted by atomic mass is 9.88. The third-order valence-corrected chi connectivity index (χ3v) is 8.35. The molecule has 5 nitrogen and oxygen atoms in total. The molecule has 35 heavy (non-hydrogen) atoms. The minimum absolute atomic E-state index is 0.323. The van der Waals surface area contributed by atoms with E-state index in [2.05, 4.69) is 32.2 Å². The lowest BCUT2D eigenvalue weighted by Gasteiger charge is -2.46. The zero-order valence-corrected chi connectivity index (χ0v) is 23.5. The van der Waals surface area contributed by atoms with Gasteiger partial charge >= 0.3 is 0 Å². The van der Waals surface area contributed by atoms with Crippen LogP contribution >= 0.6 is 23.2 Å². The number of methoxy groups -OCH3 is 3. The predicted molar refractivity (Wildman–Crippen MR) is 147 cm³/mol. The normalized spacial score (nSPS) is 21.0. The van der Waals surface area contributed by atoms with E-state index in [1.165, 1.54) is 31.5 Å². The number of likely N-dealkylation sites (tertiary alicyclic amines) is 1. The smallest absolute Gasteiger partial charge is 0.203 e. The van der Waals surface area contributed by atoms with E-state index >= 15 is 0 Å². The van der Waals surface area contributed by atoms with Gasteiger partial charge in [-0.15, -0.1) is 0 Å². The summed E-state index contributed by atoms with van der Waals surface area (Å²) in [7, 11) is 4.94. The van der Waals surface area contributed by atoms with Gasteiger partial charge in [0.05, 0.1) is 63.6 Å². The number of nitrogens with one attached hydrogen (secondary N) is 1. The molecule has 0 unspecified atom stereocenters. The standard InChI is InChI=1S/C28H41Cl2N2O3/c1-7-32(12-10-20(11-13-32)14-21-8-9-23(29)24(30)15-21)18-25(19(2)3)31-22-16-26(33-4)28(35-6)27(17-22)34-5/h8-9,15-17,19-20,25,31H,7,10-14,18H2,1-6H3/q+1/t20?,25-,32?/m0/s1. The number of hydrogen-bond donors (Lipinski definition) is 1. The van der Waals surface area contributed by atoms with Gasteiger partial charge in [-0.25, -0.2) is 0 Å². The van der Waals surface area contributed by atoms with E-state index in [4.69, 9.17) is 37.4 Å². The van der Waals surface area contributed by atoms with Gasteiger partial charge in [0, 0.05) is 17.8 Å². The number of ether oxygens (including phenoxy) is 3. The van der Waals surface area contributed by atoms with Gasteiger partial charge in [0.15, 0.2) is 11.5 Å². The monoisotopic (exact) mass is 523 g/mol. The lowest BCUT2D eigenvalue weighted by molar-refractivity contribution is -0.932. The van der Waals surface area contributed by atoms with Crippen molar-refractivity contribution in [3.05, 3.63) is 45.9 Å². The van der Waals surface area contributed by atoms with Crippen LogP contribution in [0.1, 0.15) is 39.2 Å². The minimum Gasteiger partial charge on any atom is -0.493 e. The van der Waals surface area contributed by atoms with Crippen LogP contribution in [-0.2, 0) is 6.42 Å². The van der Waals surface area contributed by atoms with Crippen molar-refractivity contribution in [2.24, 2.45) is 11.8 Å². The van der Waals surface area contributed by atoms with Crippen LogP contribution in [0.2, 0.25) is 10.0 Å². The fourth-order valence-electron chi connectivity index (χ4n) is 5.22. The summed E-state index contributed by atoms with van der Waals surface area (Å²) >= 11 is 12.3. The third kappa shape index (κ3) is 6.90. The summed E-state index contributed by atoms with van der Waals surface area (Å²) < 4.78 is 17.8. The number of rotatable bonds is 11. The van der Waals surface area contributed by atoms with Crippen molar-refractivity contribution in [2.75, 3.05) is 52.8 Å². The first-order valence-electron chi connectivity index (χ1n) is 12.6. The van der Waals surface area contributed by atoms with Crippen LogP contribution in [-0.4, -0.2) is 58.0 Å². The van der Waals surface area contributed by atoms with Crippen LogP contribution in [0.25, 0.3) is 0 Å². The van der Waals surface area contributed by atoms with Gasteiger partial charge in [-0.1, -0.05) is 43.1 Å². The molecule has 0 radical (unpaired) electrons. The zero-order valence-electron chi connectivity index (χ0n) is 22.0. The van der Waals surface area contributed by atoms with E-state index in [-0.39, 0.29) is 0 Å². The van der Waals surface area contributed by atoms with Gasteiger partial charge in [-0.05, 0) is 55.7 Å². The molecule has 1 aliphatic rings. The molecule has 2 aromatic rings. The summed E-state index contributed by atoms with van der Waals surface area (Å²) in [4.78, 5) is 0. The molecule has 1 atom stereocenters. The molecule has 0 aliphatic carbocycles. The van der Waals surface area contributed by atoms with Crippen LogP contribution in [0, 0.1) is 11.8 Å². The van der Waals surface area contributed by atoms with E-state index in [0.29, 0.717) is 45.2 Å². The molecule has 7 heteroatoms. The molecule has 0 aromatic heterocycles. The number of quaternary nitrogens is 1. The molecule has 1 N–H and O–H groups in total. The highest BCUT2D eigenvalue weighted by Gasteiger charge is 2.36. The molecule has 3 rings (SSSR count). The molecule has 2 aromatic carbocycles. The summed E-state index contributed by atoms with van der Waals surface area (Å²) in [5.74, 6) is 3.11. The zero-order chi connectivity index (χ0) is 25.6. The van der Waals surface area contributed by atoms with Crippen LogP contribution in [0.4, 0.5) is 5.69 Å². The van der Waals surface area contributed by atoms with Gasteiger partial charge in [-0.3, -0.25) is 0 Å². The molecule has 0 amide bonds. The topological polar surface area (TPSA) is 39.7 Å². The number of piperidine rings is 1. The molecule has 194 valence electrons. The second-order valence-electron chi connectivity index (χ2n) is 10.1. The van der Waals surface area contributed by atoms with E-state index in [0.717, 1.165) is 29.7 Å². The van der Waals surface area contributed by atoms with Crippen molar-refractivity contribution in [2.45, 2.75) is 46.1 Å². The van der Waals surface area contributed by atoms with Crippen molar-refractivity contribution in [3.8, 4) is 17.2 Å². The average molecular weight is 525 g/mol. The maximum absolute atomic E-state index is 6.24. The highest BCUT2D eigenvalue weighted by molar-refractivity contribution is 6.42. The molecule has 1 heterocycles. The van der Waals surface area contributed by atoms with Gasteiger partial charge < -0.3 is 24.0 Å². The Balaban J connectivity index is 1.69. The van der Waals surface area contributed by atoms with Crippen LogP contribution in [0.15, 0.2) is 30.3 Å². The molecule has 1 aliphatic heterocycles. The van der Waals surface area contributed by atoms with Crippen molar-refractivity contribution >= 4 is 28.9 Å². The second-order valence-corrected chi connectivity index (χ2v) is 10.9. The maximum Gasteiger partial charge on any atom is 0.203 e. The SMILES string of the molecule is CC[N+]1(C[C@H](Nc2cc(OC)c(OC)c(OC)c2)C(C)C)CCC(Cc2ccc(Cl)c(Cl)c2)CC1. The Morgan fingerprint density at radius 2 is 1.57 bits per heavy atom. The Morgan fingerprint density at radius 3 is 2.06 bits per heavy atom. The summed E-state index contributed by atoms with van der Waals surface area (Å²) in [6, 6.07) is 10.4. The Hall–Kier alpha value is -1.82. The molecular weight excluding hydrogens is 483 g/mol. The van der Waals surface area contributed by atoms with Crippen LogP contribution < -0.4 is 19.5 Å². The largest absolute Gasteiger partial charge is 0.493 e. The third-order valence-electron chi connectivity index (χ3n) is 7.61. The van der Waals surface area contributed by atoms with Crippen molar-refractivity contribution in [1.82, 2.24) is 0 Å². The molecule has 1 saturated heterocycles. The van der Waals surface area contributed by atoms with E-state index in [1.54, 1.807) is 21.3 Å². The van der Waals surface area contributed by atoms with Crippen molar-refractivity contribution < 1.29 is 18.7 Å². The first kappa shape index (κ1) is 27.8. The van der Waals surface area contributed by atoms with Crippen molar-refractivity contribution in [1.29, 1.82) is 0 Å². The molecule has 0 saturated carbocycles. The first-order valence-corrected chi connectivity index (χ1v) is 13.3. The number of likely N-dealkylation sites (N-methyl/N-ethyl adjacent to an activating group) is 1. The van der Waals surface area contributed by atoms with E-state index in [9.17, 15) is 0 Å². The molecule has 0 bridgehead atoms. The Labute approximate surface area is 221 Å². The highest BCUT2D eigenvalue weighted by atomic mass is 35.5. The predicted octanol–water partition coefficient (Wildman–Crippen LogP) is 6.95. The average Bonchev–Trinajstić information content (AvgIpc) is 2.86. The van der Waals surface area contributed by atoms with Gasteiger partial charge in [0.1, 0.15) is 0 Å². The summed E-state index contributed by atoms with van der Waals surface area (Å²) in [6.07, 6.45) is 3.52. The molecule has 1 fully saturated rings. The van der Waals surface area contributed by atoms with Crippen molar-refractivity contribution in [3.63, 3.8) is 0 Å². The Morgan fingerprint density at radius 1 is 0.943 bits per heavy atom. The van der Waals surface area contributed by atoms with Crippen LogP contribution in [0.3, 0.4) is 0 Å². The maximum atomic E-state index is 6.24. The Bertz CT molecular complexity index is 950. The first-order chi connectivity index (χ1) is 16.7. The number of benzene rings is 2. The molecular formula is C28H41Cl2N2O3+. The fraction of sp³-hybridized carbons (Fsp3) is 0.571. The summed E-state index contributed by atoms with van der Waals surface area (Å²) in [5, 5.41) is 5.06. The number of halogens is 2. The summed E-state index contributed by atoms with van der Waals surface area (Å²) in [6.45, 7) is 11.5. The Kier molecular flexibility index (Phi) is 9.86. The van der Waals surface area contributed by atoms with Gasteiger partial charge in [0.2, 0.25) is 5.75 Å². The lowest BCUT2D eigenvalue weighted by Crippen LogP contribution is -2.58. The van der Waals surface area contributed by atoms with E-state index in [1.807, 2.05) is 24.3 Å². The van der Waals surface area contributed by atoms with Crippen LogP contribution in [0.5, 0.6) is 17.2 Å². The fourth-order valence-corrected chi connectivity index (χ4v) is 5.54. The number of hydrogen-bond acceptors (Lipinski definition) is 4.